The molecule has 1 fully saturated rings. The van der Waals surface area contributed by atoms with Crippen molar-refractivity contribution in [2.45, 2.75) is 38.1 Å². The highest BCUT2D eigenvalue weighted by Crippen LogP contribution is 2.27. The van der Waals surface area contributed by atoms with Crippen molar-refractivity contribution in [3.05, 3.63) is 60.2 Å². The van der Waals surface area contributed by atoms with Crippen molar-refractivity contribution >= 4 is 17.5 Å². The van der Waals surface area contributed by atoms with Crippen molar-refractivity contribution < 1.29 is 14.3 Å². The van der Waals surface area contributed by atoms with Gasteiger partial charge in [-0.05, 0) is 55.8 Å². The van der Waals surface area contributed by atoms with E-state index in [2.05, 4.69) is 22.4 Å². The van der Waals surface area contributed by atoms with E-state index in [9.17, 15) is 9.59 Å². The number of ether oxygens (including phenoxy) is 1. The summed E-state index contributed by atoms with van der Waals surface area (Å²) in [7, 11) is 1.65. The zero-order valence-corrected chi connectivity index (χ0v) is 19.2. The fraction of sp³-hybridized carbons (Fsp3) is 0.423. The SMILES string of the molecule is COc1cccc(C(CNC(=O)CCC(=O)N(CCC#N)c2ccccc2)N2CCCC2)c1. The molecule has 0 radical (unpaired) electrons. The monoisotopic (exact) mass is 448 g/mol. The average molecular weight is 449 g/mol. The van der Waals surface area contributed by atoms with Gasteiger partial charge in [0.1, 0.15) is 5.75 Å². The Morgan fingerprint density at radius 3 is 2.58 bits per heavy atom. The molecule has 0 spiro atoms. The van der Waals surface area contributed by atoms with E-state index in [1.165, 1.54) is 0 Å². The van der Waals surface area contributed by atoms with Gasteiger partial charge in [0.15, 0.2) is 0 Å². The first kappa shape index (κ1) is 24.3. The molecule has 7 heteroatoms. The summed E-state index contributed by atoms with van der Waals surface area (Å²) >= 11 is 0. The zero-order chi connectivity index (χ0) is 23.5. The van der Waals surface area contributed by atoms with Crippen LogP contribution in [0.1, 0.15) is 43.7 Å². The van der Waals surface area contributed by atoms with Crippen LogP contribution in [-0.4, -0.2) is 50.0 Å². The third kappa shape index (κ3) is 7.06. The molecule has 0 aromatic heterocycles. The Labute approximate surface area is 195 Å². The number of carbonyl (C=O) groups is 2. The molecule has 1 aliphatic rings. The molecule has 1 aliphatic heterocycles. The molecule has 3 rings (SSSR count). The van der Waals surface area contributed by atoms with Gasteiger partial charge in [-0.25, -0.2) is 0 Å². The minimum absolute atomic E-state index is 0.0682. The van der Waals surface area contributed by atoms with Gasteiger partial charge in [0, 0.05) is 31.6 Å². The summed E-state index contributed by atoms with van der Waals surface area (Å²) in [5.74, 6) is 0.492. The zero-order valence-electron chi connectivity index (χ0n) is 19.2. The third-order valence-electron chi connectivity index (χ3n) is 5.93. The van der Waals surface area contributed by atoms with Gasteiger partial charge in [-0.1, -0.05) is 30.3 Å². The van der Waals surface area contributed by atoms with Crippen molar-refractivity contribution in [1.82, 2.24) is 10.2 Å². The number of anilines is 1. The molecule has 2 amide bonds. The molecule has 2 aromatic rings. The minimum Gasteiger partial charge on any atom is -0.497 e. The highest BCUT2D eigenvalue weighted by atomic mass is 16.5. The highest BCUT2D eigenvalue weighted by Gasteiger charge is 2.24. The van der Waals surface area contributed by atoms with Crippen LogP contribution in [0.25, 0.3) is 0 Å². The largest absolute Gasteiger partial charge is 0.497 e. The fourth-order valence-electron chi connectivity index (χ4n) is 4.18. The average Bonchev–Trinajstić information content (AvgIpc) is 3.38. The minimum atomic E-state index is -0.157. The molecule has 2 aromatic carbocycles. The topological polar surface area (TPSA) is 85.7 Å². The Balaban J connectivity index is 1.57. The van der Waals surface area contributed by atoms with Gasteiger partial charge in [-0.2, -0.15) is 5.26 Å². The number of likely N-dealkylation sites (tertiary alicyclic amines) is 1. The first-order chi connectivity index (χ1) is 16.1. The smallest absolute Gasteiger partial charge is 0.227 e. The Morgan fingerprint density at radius 2 is 1.88 bits per heavy atom. The first-order valence-electron chi connectivity index (χ1n) is 11.5. The summed E-state index contributed by atoms with van der Waals surface area (Å²) in [6.07, 6.45) is 2.76. The van der Waals surface area contributed by atoms with Gasteiger partial charge >= 0.3 is 0 Å². The van der Waals surface area contributed by atoms with Crippen LogP contribution in [0.4, 0.5) is 5.69 Å². The second-order valence-electron chi connectivity index (χ2n) is 8.13. The van der Waals surface area contributed by atoms with Crippen LogP contribution >= 0.6 is 0 Å². The summed E-state index contributed by atoms with van der Waals surface area (Å²) < 4.78 is 5.38. The molecule has 0 aliphatic carbocycles. The number of nitrogens with one attached hydrogen (secondary N) is 1. The van der Waals surface area contributed by atoms with E-state index >= 15 is 0 Å². The van der Waals surface area contributed by atoms with Gasteiger partial charge in [0.05, 0.1) is 25.6 Å². The maximum absolute atomic E-state index is 12.8. The van der Waals surface area contributed by atoms with Crippen LogP contribution in [0, 0.1) is 11.3 Å². The van der Waals surface area contributed by atoms with E-state index in [1.807, 2.05) is 48.5 Å². The summed E-state index contributed by atoms with van der Waals surface area (Å²) in [4.78, 5) is 29.4. The lowest BCUT2D eigenvalue weighted by Gasteiger charge is -2.28. The maximum Gasteiger partial charge on any atom is 0.227 e. The number of methoxy groups -OCH3 is 1. The van der Waals surface area contributed by atoms with Crippen LogP contribution in [0.3, 0.4) is 0 Å². The summed E-state index contributed by atoms with van der Waals surface area (Å²) in [5.41, 5.74) is 1.85. The molecule has 1 N–H and O–H groups in total. The van der Waals surface area contributed by atoms with Gasteiger partial charge < -0.3 is 15.0 Å². The van der Waals surface area contributed by atoms with Crippen LogP contribution in [0.5, 0.6) is 5.75 Å². The van der Waals surface area contributed by atoms with Gasteiger partial charge in [0.25, 0.3) is 0 Å². The van der Waals surface area contributed by atoms with Crippen molar-refractivity contribution in [2.24, 2.45) is 0 Å². The molecule has 0 saturated carbocycles. The molecule has 1 atom stereocenters. The molecule has 1 unspecified atom stereocenters. The number of nitrogens with zero attached hydrogens (tertiary/aromatic N) is 3. The standard InChI is InChI=1S/C26H32N4O3/c1-33-23-12-7-9-21(19-23)24(29-16-5-6-17-29)20-28-25(31)13-14-26(32)30(18-8-15-27)22-10-3-2-4-11-22/h2-4,7,9-12,19,24H,5-6,8,13-14,16-18,20H2,1H3,(H,28,31). The summed E-state index contributed by atoms with van der Waals surface area (Å²) in [5, 5.41) is 12.0. The lowest BCUT2D eigenvalue weighted by molar-refractivity contribution is -0.125. The fourth-order valence-corrected chi connectivity index (χ4v) is 4.18. The molecular formula is C26H32N4O3. The lowest BCUT2D eigenvalue weighted by atomic mass is 10.0. The van der Waals surface area contributed by atoms with E-state index in [4.69, 9.17) is 10.00 Å². The second kappa shape index (κ2) is 12.6. The van der Waals surface area contributed by atoms with Crippen molar-refractivity contribution in [3.63, 3.8) is 0 Å². The lowest BCUT2D eigenvalue weighted by Crippen LogP contribution is -2.37. The molecule has 174 valence electrons. The highest BCUT2D eigenvalue weighted by molar-refractivity contribution is 5.95. The predicted octanol–water partition coefficient (Wildman–Crippen LogP) is 3.68. The second-order valence-corrected chi connectivity index (χ2v) is 8.13. The number of benzene rings is 2. The van der Waals surface area contributed by atoms with E-state index in [1.54, 1.807) is 12.0 Å². The number of carbonyl (C=O) groups excluding carboxylic acids is 2. The molecule has 1 saturated heterocycles. The molecular weight excluding hydrogens is 416 g/mol. The third-order valence-corrected chi connectivity index (χ3v) is 5.93. The summed E-state index contributed by atoms with van der Waals surface area (Å²) in [6, 6.07) is 19.4. The molecule has 33 heavy (non-hydrogen) atoms. The Bertz CT molecular complexity index is 952. The van der Waals surface area contributed by atoms with E-state index < -0.39 is 0 Å². The molecule has 7 nitrogen and oxygen atoms in total. The van der Waals surface area contributed by atoms with Crippen molar-refractivity contribution in [3.8, 4) is 11.8 Å². The number of rotatable bonds is 11. The summed E-state index contributed by atoms with van der Waals surface area (Å²) in [6.45, 7) is 2.80. The molecule has 1 heterocycles. The van der Waals surface area contributed by atoms with E-state index in [-0.39, 0.29) is 37.1 Å². The maximum atomic E-state index is 12.8. The first-order valence-corrected chi connectivity index (χ1v) is 11.5. The Morgan fingerprint density at radius 1 is 1.12 bits per heavy atom. The van der Waals surface area contributed by atoms with Crippen molar-refractivity contribution in [2.75, 3.05) is 38.2 Å². The number of para-hydroxylation sites is 1. The van der Waals surface area contributed by atoms with E-state index in [0.717, 1.165) is 42.9 Å². The normalized spacial score (nSPS) is 14.3. The van der Waals surface area contributed by atoms with Gasteiger partial charge in [-0.15, -0.1) is 0 Å². The van der Waals surface area contributed by atoms with Crippen molar-refractivity contribution in [1.29, 1.82) is 5.26 Å². The van der Waals surface area contributed by atoms with Crippen LogP contribution in [0.15, 0.2) is 54.6 Å². The predicted molar refractivity (Wildman–Crippen MR) is 128 cm³/mol. The quantitative estimate of drug-likeness (QED) is 0.567. The van der Waals surface area contributed by atoms with E-state index in [0.29, 0.717) is 13.1 Å². The number of amides is 2. The Hall–Kier alpha value is -3.37. The number of hydrogen-bond acceptors (Lipinski definition) is 5. The number of hydrogen-bond donors (Lipinski definition) is 1. The molecule has 0 bridgehead atoms. The van der Waals surface area contributed by atoms with Gasteiger partial charge in [-0.3, -0.25) is 14.5 Å². The Kier molecular flexibility index (Phi) is 9.28. The van der Waals surface area contributed by atoms with Crippen LogP contribution in [-0.2, 0) is 9.59 Å². The van der Waals surface area contributed by atoms with Crippen LogP contribution in [0.2, 0.25) is 0 Å². The number of nitriles is 1. The van der Waals surface area contributed by atoms with Gasteiger partial charge in [0.2, 0.25) is 11.8 Å². The van der Waals surface area contributed by atoms with Crippen LogP contribution < -0.4 is 15.0 Å².